The zero-order chi connectivity index (χ0) is 21.2. The molecule has 2 N–H and O–H groups in total. The summed E-state index contributed by atoms with van der Waals surface area (Å²) in [6, 6.07) is 7.90. The summed E-state index contributed by atoms with van der Waals surface area (Å²) in [5, 5.41) is 6.15. The molecule has 0 atom stereocenters. The third kappa shape index (κ3) is 6.40. The molecule has 9 heteroatoms. The first-order valence-corrected chi connectivity index (χ1v) is 10.2. The molecule has 160 valence electrons. The molecule has 2 aromatic rings. The van der Waals surface area contributed by atoms with Crippen LogP contribution in [0.4, 0.5) is 10.3 Å². The Balaban J connectivity index is 1.45. The van der Waals surface area contributed by atoms with Crippen LogP contribution in [0.1, 0.15) is 12.5 Å². The standard InChI is InChI=1S/C21H28FN7O/c1-2-23-20(28-11-13-29(14-12-28)21-25-7-4-8-26-21)27-10-9-24-19(30)16-17-5-3-6-18(22)15-17/h3-8,15H,2,9-14,16H2,1H3,(H,23,27)(H,24,30). The van der Waals surface area contributed by atoms with E-state index >= 15 is 0 Å². The minimum absolute atomic E-state index is 0.141. The Bertz CT molecular complexity index is 838. The maximum atomic E-state index is 13.2. The zero-order valence-electron chi connectivity index (χ0n) is 17.2. The Morgan fingerprint density at radius 1 is 1.13 bits per heavy atom. The summed E-state index contributed by atoms with van der Waals surface area (Å²) in [5.74, 6) is 1.11. The van der Waals surface area contributed by atoms with Crippen LogP contribution < -0.4 is 15.5 Å². The number of hydrogen-bond acceptors (Lipinski definition) is 5. The van der Waals surface area contributed by atoms with E-state index in [-0.39, 0.29) is 18.1 Å². The monoisotopic (exact) mass is 413 g/mol. The van der Waals surface area contributed by atoms with Crippen LogP contribution in [0.5, 0.6) is 0 Å². The predicted octanol–water partition coefficient (Wildman–Crippen LogP) is 1.06. The molecule has 0 aliphatic carbocycles. The van der Waals surface area contributed by atoms with E-state index in [1.54, 1.807) is 24.5 Å². The lowest BCUT2D eigenvalue weighted by Gasteiger charge is -2.36. The van der Waals surface area contributed by atoms with Gasteiger partial charge in [-0.3, -0.25) is 9.79 Å². The SMILES string of the molecule is CCNC(=NCCNC(=O)Cc1cccc(F)c1)N1CCN(c2ncccn2)CC1. The number of aliphatic imine (C=N–C) groups is 1. The first kappa shape index (κ1) is 21.5. The molecule has 0 bridgehead atoms. The Labute approximate surface area is 176 Å². The van der Waals surface area contributed by atoms with Crippen LogP contribution in [0.2, 0.25) is 0 Å². The highest BCUT2D eigenvalue weighted by Gasteiger charge is 2.20. The fourth-order valence-electron chi connectivity index (χ4n) is 3.25. The second-order valence-electron chi connectivity index (χ2n) is 6.92. The van der Waals surface area contributed by atoms with Crippen molar-refractivity contribution in [2.24, 2.45) is 4.99 Å². The van der Waals surface area contributed by atoms with E-state index in [2.05, 4.69) is 35.4 Å². The molecule has 1 saturated heterocycles. The summed E-state index contributed by atoms with van der Waals surface area (Å²) >= 11 is 0. The van der Waals surface area contributed by atoms with Crippen LogP contribution in [0.3, 0.4) is 0 Å². The molecule has 1 aliphatic rings. The lowest BCUT2D eigenvalue weighted by Crippen LogP contribution is -2.53. The van der Waals surface area contributed by atoms with Crippen molar-refractivity contribution in [1.82, 2.24) is 25.5 Å². The minimum atomic E-state index is -0.334. The first-order valence-electron chi connectivity index (χ1n) is 10.2. The summed E-state index contributed by atoms with van der Waals surface area (Å²) in [7, 11) is 0. The predicted molar refractivity (Wildman–Crippen MR) is 115 cm³/mol. The quantitative estimate of drug-likeness (QED) is 0.401. The average Bonchev–Trinajstić information content (AvgIpc) is 2.77. The molecule has 1 aromatic carbocycles. The van der Waals surface area contributed by atoms with Crippen LogP contribution in [-0.2, 0) is 11.2 Å². The topological polar surface area (TPSA) is 85.8 Å². The minimum Gasteiger partial charge on any atom is -0.357 e. The van der Waals surface area contributed by atoms with E-state index < -0.39 is 0 Å². The lowest BCUT2D eigenvalue weighted by atomic mass is 10.1. The van der Waals surface area contributed by atoms with Gasteiger partial charge in [0.05, 0.1) is 13.0 Å². The van der Waals surface area contributed by atoms with E-state index in [1.807, 2.05) is 13.0 Å². The number of benzene rings is 1. The fraction of sp³-hybridized carbons (Fsp3) is 0.429. The normalized spacial score (nSPS) is 14.5. The van der Waals surface area contributed by atoms with Crippen molar-refractivity contribution in [2.45, 2.75) is 13.3 Å². The van der Waals surface area contributed by atoms with Gasteiger partial charge in [0.1, 0.15) is 5.82 Å². The van der Waals surface area contributed by atoms with Crippen LogP contribution in [0.25, 0.3) is 0 Å². The number of carbonyl (C=O) groups excluding carboxylic acids is 1. The molecule has 2 heterocycles. The number of aromatic nitrogens is 2. The summed E-state index contributed by atoms with van der Waals surface area (Å²) in [4.78, 5) is 29.7. The number of piperazine rings is 1. The van der Waals surface area contributed by atoms with Crippen molar-refractivity contribution < 1.29 is 9.18 Å². The number of carbonyl (C=O) groups is 1. The largest absolute Gasteiger partial charge is 0.357 e. The molecular formula is C21H28FN7O. The van der Waals surface area contributed by atoms with Gasteiger partial charge in [0.25, 0.3) is 0 Å². The van der Waals surface area contributed by atoms with Crippen molar-refractivity contribution in [3.05, 3.63) is 54.1 Å². The molecule has 30 heavy (non-hydrogen) atoms. The molecule has 1 amide bonds. The third-order valence-electron chi connectivity index (χ3n) is 4.70. The highest BCUT2D eigenvalue weighted by molar-refractivity contribution is 5.80. The van der Waals surface area contributed by atoms with Crippen molar-refractivity contribution >= 4 is 17.8 Å². The molecule has 1 aromatic heterocycles. The molecule has 3 rings (SSSR count). The van der Waals surface area contributed by atoms with Gasteiger partial charge in [-0.15, -0.1) is 0 Å². The summed E-state index contributed by atoms with van der Waals surface area (Å²) < 4.78 is 13.2. The molecule has 8 nitrogen and oxygen atoms in total. The lowest BCUT2D eigenvalue weighted by molar-refractivity contribution is -0.120. The van der Waals surface area contributed by atoms with Gasteiger partial charge in [0.2, 0.25) is 11.9 Å². The van der Waals surface area contributed by atoms with Gasteiger partial charge in [0, 0.05) is 51.7 Å². The van der Waals surface area contributed by atoms with E-state index in [4.69, 9.17) is 0 Å². The molecule has 1 aliphatic heterocycles. The molecule has 0 unspecified atom stereocenters. The van der Waals surface area contributed by atoms with Crippen LogP contribution >= 0.6 is 0 Å². The Morgan fingerprint density at radius 3 is 2.60 bits per heavy atom. The molecule has 0 spiro atoms. The second-order valence-corrected chi connectivity index (χ2v) is 6.92. The molecule has 0 radical (unpaired) electrons. The number of anilines is 1. The van der Waals surface area contributed by atoms with Crippen LogP contribution in [0, 0.1) is 5.82 Å². The number of hydrogen-bond donors (Lipinski definition) is 2. The second kappa shape index (κ2) is 11.1. The maximum Gasteiger partial charge on any atom is 0.225 e. The van der Waals surface area contributed by atoms with E-state index in [0.717, 1.165) is 44.6 Å². The Hall–Kier alpha value is -3.23. The Morgan fingerprint density at radius 2 is 1.90 bits per heavy atom. The molecule has 1 fully saturated rings. The Kier molecular flexibility index (Phi) is 7.94. The third-order valence-corrected chi connectivity index (χ3v) is 4.70. The number of amides is 1. The van der Waals surface area contributed by atoms with Gasteiger partial charge in [-0.2, -0.15) is 0 Å². The number of nitrogens with one attached hydrogen (secondary N) is 2. The molecule has 0 saturated carbocycles. The van der Waals surface area contributed by atoms with Gasteiger partial charge in [-0.05, 0) is 30.7 Å². The van der Waals surface area contributed by atoms with Crippen molar-refractivity contribution in [3.63, 3.8) is 0 Å². The zero-order valence-corrected chi connectivity index (χ0v) is 17.2. The fourth-order valence-corrected chi connectivity index (χ4v) is 3.25. The van der Waals surface area contributed by atoms with Crippen molar-refractivity contribution in [3.8, 4) is 0 Å². The van der Waals surface area contributed by atoms with Crippen molar-refractivity contribution in [2.75, 3.05) is 50.7 Å². The van der Waals surface area contributed by atoms with Gasteiger partial charge in [-0.1, -0.05) is 12.1 Å². The van der Waals surface area contributed by atoms with Gasteiger partial charge in [-0.25, -0.2) is 14.4 Å². The number of guanidine groups is 1. The maximum absolute atomic E-state index is 13.2. The smallest absolute Gasteiger partial charge is 0.225 e. The van der Waals surface area contributed by atoms with Gasteiger partial charge >= 0.3 is 0 Å². The average molecular weight is 414 g/mol. The van der Waals surface area contributed by atoms with Gasteiger partial charge in [0.15, 0.2) is 5.96 Å². The van der Waals surface area contributed by atoms with Crippen molar-refractivity contribution in [1.29, 1.82) is 0 Å². The van der Waals surface area contributed by atoms with Crippen LogP contribution in [0.15, 0.2) is 47.7 Å². The van der Waals surface area contributed by atoms with E-state index in [0.29, 0.717) is 18.7 Å². The molecular weight excluding hydrogens is 385 g/mol. The highest BCUT2D eigenvalue weighted by atomic mass is 19.1. The highest BCUT2D eigenvalue weighted by Crippen LogP contribution is 2.09. The van der Waals surface area contributed by atoms with Crippen LogP contribution in [-0.4, -0.2) is 72.5 Å². The summed E-state index contributed by atoms with van der Waals surface area (Å²) in [6.07, 6.45) is 3.66. The number of halogens is 1. The van der Waals surface area contributed by atoms with Gasteiger partial charge < -0.3 is 20.4 Å². The van der Waals surface area contributed by atoms with E-state index in [9.17, 15) is 9.18 Å². The van der Waals surface area contributed by atoms with E-state index in [1.165, 1.54) is 12.1 Å². The summed E-state index contributed by atoms with van der Waals surface area (Å²) in [6.45, 7) is 6.97. The first-order chi connectivity index (χ1) is 14.7. The summed E-state index contributed by atoms with van der Waals surface area (Å²) in [5.41, 5.74) is 0.657. The number of rotatable bonds is 7. The number of nitrogens with zero attached hydrogens (tertiary/aromatic N) is 5.